The molecule has 1 amide bonds. The maximum absolute atomic E-state index is 12.3. The molecule has 0 bridgehead atoms. The molecule has 2 aromatic rings. The zero-order valence-corrected chi connectivity index (χ0v) is 12.3. The average Bonchev–Trinajstić information content (AvgIpc) is 2.88. The van der Waals surface area contributed by atoms with Gasteiger partial charge >= 0.3 is 0 Å². The van der Waals surface area contributed by atoms with Crippen molar-refractivity contribution in [1.29, 1.82) is 0 Å². The number of amides is 1. The molecular weight excluding hydrogens is 268 g/mol. The van der Waals surface area contributed by atoms with Gasteiger partial charge in [0.15, 0.2) is 0 Å². The van der Waals surface area contributed by atoms with Crippen molar-refractivity contribution >= 4 is 22.9 Å². The normalized spacial score (nSPS) is 20.9. The Bertz CT molecular complexity index is 608. The van der Waals surface area contributed by atoms with E-state index in [-0.39, 0.29) is 11.6 Å². The molecule has 1 atom stereocenters. The van der Waals surface area contributed by atoms with Gasteiger partial charge in [-0.3, -0.25) is 4.79 Å². The molecular formula is C16H18N2OS. The summed E-state index contributed by atoms with van der Waals surface area (Å²) in [6.07, 6.45) is 2.71. The molecule has 104 valence electrons. The fraction of sp³-hybridized carbons (Fsp3) is 0.312. The quantitative estimate of drug-likeness (QED) is 0.901. The molecule has 0 spiro atoms. The highest BCUT2D eigenvalue weighted by atomic mass is 32.1. The molecule has 4 heteroatoms. The summed E-state index contributed by atoms with van der Waals surface area (Å²) in [6, 6.07) is 12.3. The van der Waals surface area contributed by atoms with E-state index in [1.165, 1.54) is 16.9 Å². The highest BCUT2D eigenvalue weighted by Gasteiger charge is 2.37. The third-order valence-electron chi connectivity index (χ3n) is 3.62. The van der Waals surface area contributed by atoms with Gasteiger partial charge in [0.25, 0.3) is 5.91 Å². The number of benzene rings is 1. The Morgan fingerprint density at radius 2 is 1.95 bits per heavy atom. The van der Waals surface area contributed by atoms with Gasteiger partial charge in [-0.05, 0) is 23.4 Å². The van der Waals surface area contributed by atoms with Gasteiger partial charge in [0.05, 0.1) is 5.69 Å². The summed E-state index contributed by atoms with van der Waals surface area (Å²) in [5.74, 6) is 0.0399. The monoisotopic (exact) mass is 286 g/mol. The molecule has 0 saturated carbocycles. The van der Waals surface area contributed by atoms with Crippen molar-refractivity contribution in [2.24, 2.45) is 0 Å². The summed E-state index contributed by atoms with van der Waals surface area (Å²) in [4.78, 5) is 13.1. The SMILES string of the molecule is CCCC1(Cc2ccccc2)NC(=O)c2sccc2N1. The third kappa shape index (κ3) is 2.43. The van der Waals surface area contributed by atoms with Gasteiger partial charge in [-0.1, -0.05) is 43.7 Å². The summed E-state index contributed by atoms with van der Waals surface area (Å²) < 4.78 is 0. The predicted molar refractivity (Wildman–Crippen MR) is 83.2 cm³/mol. The molecule has 2 N–H and O–H groups in total. The van der Waals surface area contributed by atoms with Crippen molar-refractivity contribution in [3.63, 3.8) is 0 Å². The first-order valence-electron chi connectivity index (χ1n) is 6.94. The molecule has 1 aliphatic rings. The van der Waals surface area contributed by atoms with Crippen LogP contribution < -0.4 is 10.6 Å². The van der Waals surface area contributed by atoms with E-state index in [4.69, 9.17) is 0 Å². The molecule has 1 aliphatic heterocycles. The topological polar surface area (TPSA) is 41.1 Å². The first kappa shape index (κ1) is 13.2. The van der Waals surface area contributed by atoms with Gasteiger partial charge < -0.3 is 10.6 Å². The minimum atomic E-state index is -0.374. The number of rotatable bonds is 4. The molecule has 1 aromatic heterocycles. The van der Waals surface area contributed by atoms with Crippen molar-refractivity contribution in [2.75, 3.05) is 5.32 Å². The average molecular weight is 286 g/mol. The van der Waals surface area contributed by atoms with Gasteiger partial charge in [-0.2, -0.15) is 0 Å². The number of carbonyl (C=O) groups excluding carboxylic acids is 1. The van der Waals surface area contributed by atoms with Crippen LogP contribution in [0.25, 0.3) is 0 Å². The van der Waals surface area contributed by atoms with Gasteiger partial charge in [-0.15, -0.1) is 11.3 Å². The van der Waals surface area contributed by atoms with Crippen LogP contribution in [-0.2, 0) is 6.42 Å². The Morgan fingerprint density at radius 1 is 1.15 bits per heavy atom. The fourth-order valence-corrected chi connectivity index (χ4v) is 3.56. The Balaban J connectivity index is 1.92. The van der Waals surface area contributed by atoms with Gasteiger partial charge in [0.1, 0.15) is 10.5 Å². The third-order valence-corrected chi connectivity index (χ3v) is 4.54. The molecule has 1 unspecified atom stereocenters. The second-order valence-electron chi connectivity index (χ2n) is 5.24. The standard InChI is InChI=1S/C16H18N2OS/c1-2-9-16(11-12-6-4-3-5-7-12)17-13-8-10-20-14(13)15(19)18-16/h3-8,10,17H,2,9,11H2,1H3,(H,18,19). The van der Waals surface area contributed by atoms with E-state index in [2.05, 4.69) is 29.7 Å². The smallest absolute Gasteiger partial charge is 0.265 e. The lowest BCUT2D eigenvalue weighted by molar-refractivity contribution is 0.0899. The minimum Gasteiger partial charge on any atom is -0.361 e. The fourth-order valence-electron chi connectivity index (χ4n) is 2.82. The van der Waals surface area contributed by atoms with Crippen LogP contribution in [-0.4, -0.2) is 11.6 Å². The first-order chi connectivity index (χ1) is 9.72. The molecule has 3 nitrogen and oxygen atoms in total. The lowest BCUT2D eigenvalue weighted by atomic mass is 9.92. The van der Waals surface area contributed by atoms with Crippen LogP contribution in [0, 0.1) is 0 Å². The maximum Gasteiger partial charge on any atom is 0.265 e. The lowest BCUT2D eigenvalue weighted by Crippen LogP contribution is -2.58. The summed E-state index contributed by atoms with van der Waals surface area (Å²) in [5, 5.41) is 8.69. The van der Waals surface area contributed by atoms with Crippen molar-refractivity contribution < 1.29 is 4.79 Å². The largest absolute Gasteiger partial charge is 0.361 e. The number of hydrogen-bond donors (Lipinski definition) is 2. The van der Waals surface area contributed by atoms with Crippen molar-refractivity contribution in [3.8, 4) is 0 Å². The van der Waals surface area contributed by atoms with Crippen LogP contribution in [0.1, 0.15) is 35.0 Å². The van der Waals surface area contributed by atoms with Crippen LogP contribution >= 0.6 is 11.3 Å². The van der Waals surface area contributed by atoms with Crippen molar-refractivity contribution in [3.05, 3.63) is 52.2 Å². The van der Waals surface area contributed by atoms with Crippen molar-refractivity contribution in [2.45, 2.75) is 31.8 Å². The van der Waals surface area contributed by atoms with E-state index in [0.717, 1.165) is 29.8 Å². The van der Waals surface area contributed by atoms with E-state index in [1.54, 1.807) is 0 Å². The van der Waals surface area contributed by atoms with E-state index >= 15 is 0 Å². The molecule has 2 heterocycles. The Hall–Kier alpha value is -1.81. The van der Waals surface area contributed by atoms with Crippen LogP contribution in [0.15, 0.2) is 41.8 Å². The molecule has 0 radical (unpaired) electrons. The lowest BCUT2D eigenvalue weighted by Gasteiger charge is -2.39. The van der Waals surface area contributed by atoms with E-state index < -0.39 is 0 Å². The number of nitrogens with one attached hydrogen (secondary N) is 2. The molecule has 0 saturated heterocycles. The first-order valence-corrected chi connectivity index (χ1v) is 7.82. The zero-order valence-electron chi connectivity index (χ0n) is 11.5. The van der Waals surface area contributed by atoms with Crippen LogP contribution in [0.2, 0.25) is 0 Å². The highest BCUT2D eigenvalue weighted by molar-refractivity contribution is 7.12. The molecule has 1 aromatic carbocycles. The molecule has 0 fully saturated rings. The minimum absolute atomic E-state index is 0.0399. The summed E-state index contributed by atoms with van der Waals surface area (Å²) in [7, 11) is 0. The van der Waals surface area contributed by atoms with Crippen LogP contribution in [0.3, 0.4) is 0 Å². The second kappa shape index (κ2) is 5.29. The summed E-state index contributed by atoms with van der Waals surface area (Å²) in [6.45, 7) is 2.14. The van der Waals surface area contributed by atoms with Crippen LogP contribution in [0.4, 0.5) is 5.69 Å². The number of fused-ring (bicyclic) bond motifs is 1. The maximum atomic E-state index is 12.3. The van der Waals surface area contributed by atoms with Crippen molar-refractivity contribution in [1.82, 2.24) is 5.32 Å². The number of thiophene rings is 1. The molecule has 0 aliphatic carbocycles. The van der Waals surface area contributed by atoms with Gasteiger partial charge in [0.2, 0.25) is 0 Å². The zero-order chi connectivity index (χ0) is 14.0. The van der Waals surface area contributed by atoms with Gasteiger partial charge in [-0.25, -0.2) is 0 Å². The second-order valence-corrected chi connectivity index (χ2v) is 6.15. The van der Waals surface area contributed by atoms with E-state index in [0.29, 0.717) is 0 Å². The molecule has 3 rings (SSSR count). The Labute approximate surface area is 123 Å². The summed E-state index contributed by atoms with van der Waals surface area (Å²) >= 11 is 1.48. The van der Waals surface area contributed by atoms with E-state index in [9.17, 15) is 4.79 Å². The highest BCUT2D eigenvalue weighted by Crippen LogP contribution is 2.32. The number of hydrogen-bond acceptors (Lipinski definition) is 3. The van der Waals surface area contributed by atoms with Gasteiger partial charge in [0, 0.05) is 6.42 Å². The predicted octanol–water partition coefficient (Wildman–Crippen LogP) is 3.64. The Morgan fingerprint density at radius 3 is 2.70 bits per heavy atom. The molecule has 20 heavy (non-hydrogen) atoms. The number of carbonyl (C=O) groups is 1. The van der Waals surface area contributed by atoms with Crippen LogP contribution in [0.5, 0.6) is 0 Å². The summed E-state index contributed by atoms with van der Waals surface area (Å²) in [5.41, 5.74) is 1.82. The van der Waals surface area contributed by atoms with E-state index in [1.807, 2.05) is 29.6 Å². The Kier molecular flexibility index (Phi) is 3.49. The number of anilines is 1.